The second-order valence-corrected chi connectivity index (χ2v) is 5.86. The summed E-state index contributed by atoms with van der Waals surface area (Å²) in [4.78, 5) is 14.4. The maximum atomic E-state index is 12.0. The second-order valence-electron chi connectivity index (χ2n) is 5.86. The number of Topliss-reactive ketones (excluding diaryl/α,β-unsaturated/α-hetero) is 1. The van der Waals surface area contributed by atoms with Crippen molar-refractivity contribution < 1.29 is 4.79 Å². The fourth-order valence-corrected chi connectivity index (χ4v) is 2.96. The molecule has 1 aliphatic rings. The van der Waals surface area contributed by atoms with Crippen LogP contribution in [0.25, 0.3) is 0 Å². The van der Waals surface area contributed by atoms with Gasteiger partial charge in [-0.05, 0) is 30.9 Å². The molecule has 1 aromatic rings. The van der Waals surface area contributed by atoms with Crippen molar-refractivity contribution in [2.24, 2.45) is 11.8 Å². The average molecular weight is 259 g/mol. The number of rotatable bonds is 5. The molecule has 0 radical (unpaired) electrons. The number of carbonyl (C=O) groups is 1. The normalized spacial score (nSPS) is 23.8. The van der Waals surface area contributed by atoms with Crippen LogP contribution in [-0.2, 0) is 11.3 Å². The maximum absolute atomic E-state index is 12.0. The molecule has 0 aromatic heterocycles. The van der Waals surface area contributed by atoms with Gasteiger partial charge in [0.1, 0.15) is 5.78 Å². The number of hydrogen-bond acceptors (Lipinski definition) is 2. The molecular weight excluding hydrogens is 234 g/mol. The summed E-state index contributed by atoms with van der Waals surface area (Å²) >= 11 is 0. The highest BCUT2D eigenvalue weighted by Crippen LogP contribution is 2.27. The predicted molar refractivity (Wildman–Crippen MR) is 78.9 cm³/mol. The van der Waals surface area contributed by atoms with E-state index < -0.39 is 0 Å². The molecule has 1 aromatic carbocycles. The zero-order valence-electron chi connectivity index (χ0n) is 12.1. The van der Waals surface area contributed by atoms with Crippen LogP contribution in [0, 0.1) is 11.8 Å². The van der Waals surface area contributed by atoms with E-state index in [4.69, 9.17) is 0 Å². The van der Waals surface area contributed by atoms with Crippen molar-refractivity contribution >= 4 is 5.78 Å². The van der Waals surface area contributed by atoms with Crippen molar-refractivity contribution in [2.75, 3.05) is 13.1 Å². The van der Waals surface area contributed by atoms with Gasteiger partial charge in [-0.1, -0.05) is 44.2 Å². The zero-order valence-corrected chi connectivity index (χ0v) is 12.1. The Balaban J connectivity index is 1.93. The van der Waals surface area contributed by atoms with Crippen LogP contribution in [-0.4, -0.2) is 23.8 Å². The lowest BCUT2D eigenvalue weighted by Crippen LogP contribution is -2.36. The molecule has 104 valence electrons. The maximum Gasteiger partial charge on any atom is 0.137 e. The average Bonchev–Trinajstić information content (AvgIpc) is 2.43. The summed E-state index contributed by atoms with van der Waals surface area (Å²) in [5.74, 6) is 1.44. The molecular formula is C17H25NO. The van der Waals surface area contributed by atoms with Crippen molar-refractivity contribution in [1.29, 1.82) is 0 Å². The number of carbonyl (C=O) groups excluding carboxylic acids is 1. The Morgan fingerprint density at radius 1 is 1.26 bits per heavy atom. The molecule has 2 rings (SSSR count). The molecule has 0 N–H and O–H groups in total. The van der Waals surface area contributed by atoms with E-state index in [1.807, 2.05) is 6.07 Å². The van der Waals surface area contributed by atoms with Crippen molar-refractivity contribution in [2.45, 2.75) is 39.7 Å². The topological polar surface area (TPSA) is 20.3 Å². The molecule has 1 aliphatic carbocycles. The van der Waals surface area contributed by atoms with Gasteiger partial charge in [0.15, 0.2) is 0 Å². The van der Waals surface area contributed by atoms with E-state index in [0.717, 1.165) is 38.9 Å². The third-order valence-electron chi connectivity index (χ3n) is 4.20. The van der Waals surface area contributed by atoms with Gasteiger partial charge in [-0.3, -0.25) is 9.69 Å². The summed E-state index contributed by atoms with van der Waals surface area (Å²) in [6, 6.07) is 10.5. The summed E-state index contributed by atoms with van der Waals surface area (Å²) in [7, 11) is 0. The molecule has 2 atom stereocenters. The molecule has 0 heterocycles. The van der Waals surface area contributed by atoms with Crippen LogP contribution in [0.3, 0.4) is 0 Å². The van der Waals surface area contributed by atoms with E-state index in [1.54, 1.807) is 0 Å². The molecule has 0 spiro atoms. The highest BCUT2D eigenvalue weighted by atomic mass is 16.1. The summed E-state index contributed by atoms with van der Waals surface area (Å²) in [6.45, 7) is 7.34. The fraction of sp³-hybridized carbons (Fsp3) is 0.588. The third kappa shape index (κ3) is 4.17. The summed E-state index contributed by atoms with van der Waals surface area (Å²) in [6.07, 6.45) is 2.94. The predicted octanol–water partition coefficient (Wildman–Crippen LogP) is 3.51. The van der Waals surface area contributed by atoms with Crippen LogP contribution in [0.4, 0.5) is 0 Å². The molecule has 2 nitrogen and oxygen atoms in total. The SMILES string of the molecule is CCN(Cc1ccccc1)CC1CC(C)CCC1=O. The number of hydrogen-bond donors (Lipinski definition) is 0. The molecule has 1 saturated carbocycles. The van der Waals surface area contributed by atoms with Gasteiger partial charge in [0.05, 0.1) is 0 Å². The lowest BCUT2D eigenvalue weighted by Gasteiger charge is -2.30. The van der Waals surface area contributed by atoms with Crippen molar-refractivity contribution in [3.63, 3.8) is 0 Å². The van der Waals surface area contributed by atoms with E-state index in [2.05, 4.69) is 43.0 Å². The molecule has 2 heteroatoms. The van der Waals surface area contributed by atoms with Gasteiger partial charge in [-0.2, -0.15) is 0 Å². The number of benzene rings is 1. The monoisotopic (exact) mass is 259 g/mol. The molecule has 0 bridgehead atoms. The Morgan fingerprint density at radius 2 is 2.00 bits per heavy atom. The van der Waals surface area contributed by atoms with Crippen molar-refractivity contribution in [1.82, 2.24) is 4.90 Å². The minimum atomic E-state index is 0.257. The minimum Gasteiger partial charge on any atom is -0.299 e. The van der Waals surface area contributed by atoms with Gasteiger partial charge in [0.2, 0.25) is 0 Å². The number of ketones is 1. The van der Waals surface area contributed by atoms with Gasteiger partial charge in [0, 0.05) is 25.4 Å². The summed E-state index contributed by atoms with van der Waals surface area (Å²) < 4.78 is 0. The first-order chi connectivity index (χ1) is 9.19. The molecule has 0 aliphatic heterocycles. The van der Waals surface area contributed by atoms with Crippen LogP contribution >= 0.6 is 0 Å². The van der Waals surface area contributed by atoms with Crippen LogP contribution in [0.2, 0.25) is 0 Å². The summed E-state index contributed by atoms with van der Waals surface area (Å²) in [5.41, 5.74) is 1.33. The molecule has 0 amide bonds. The lowest BCUT2D eigenvalue weighted by atomic mass is 9.81. The molecule has 2 unspecified atom stereocenters. The Morgan fingerprint density at radius 3 is 2.68 bits per heavy atom. The molecule has 1 fully saturated rings. The van der Waals surface area contributed by atoms with Crippen LogP contribution in [0.15, 0.2) is 30.3 Å². The standard InChI is InChI=1S/C17H25NO/c1-3-18(12-15-7-5-4-6-8-15)13-16-11-14(2)9-10-17(16)19/h4-8,14,16H,3,9-13H2,1-2H3. The smallest absolute Gasteiger partial charge is 0.137 e. The molecule has 0 saturated heterocycles. The van der Waals surface area contributed by atoms with E-state index in [-0.39, 0.29) is 5.92 Å². The molecule has 19 heavy (non-hydrogen) atoms. The van der Waals surface area contributed by atoms with Crippen LogP contribution in [0.1, 0.15) is 38.7 Å². The first kappa shape index (κ1) is 14.3. The summed E-state index contributed by atoms with van der Waals surface area (Å²) in [5, 5.41) is 0. The first-order valence-corrected chi connectivity index (χ1v) is 7.48. The lowest BCUT2D eigenvalue weighted by molar-refractivity contribution is -0.126. The van der Waals surface area contributed by atoms with Gasteiger partial charge in [0.25, 0.3) is 0 Å². The minimum absolute atomic E-state index is 0.257. The van der Waals surface area contributed by atoms with E-state index in [9.17, 15) is 4.79 Å². The number of nitrogens with zero attached hydrogens (tertiary/aromatic N) is 1. The second kappa shape index (κ2) is 6.85. The Hall–Kier alpha value is -1.15. The highest BCUT2D eigenvalue weighted by Gasteiger charge is 2.27. The van der Waals surface area contributed by atoms with Gasteiger partial charge in [-0.15, -0.1) is 0 Å². The third-order valence-corrected chi connectivity index (χ3v) is 4.20. The van der Waals surface area contributed by atoms with Gasteiger partial charge in [-0.25, -0.2) is 0 Å². The largest absolute Gasteiger partial charge is 0.299 e. The Labute approximate surface area is 116 Å². The highest BCUT2D eigenvalue weighted by molar-refractivity contribution is 5.81. The van der Waals surface area contributed by atoms with Crippen LogP contribution < -0.4 is 0 Å². The van der Waals surface area contributed by atoms with Crippen molar-refractivity contribution in [3.05, 3.63) is 35.9 Å². The first-order valence-electron chi connectivity index (χ1n) is 7.48. The van der Waals surface area contributed by atoms with Crippen molar-refractivity contribution in [3.8, 4) is 0 Å². The fourth-order valence-electron chi connectivity index (χ4n) is 2.96. The Bertz CT molecular complexity index is 401. The van der Waals surface area contributed by atoms with E-state index >= 15 is 0 Å². The zero-order chi connectivity index (χ0) is 13.7. The van der Waals surface area contributed by atoms with E-state index in [1.165, 1.54) is 5.56 Å². The Kier molecular flexibility index (Phi) is 5.15. The van der Waals surface area contributed by atoms with Gasteiger partial charge >= 0.3 is 0 Å². The van der Waals surface area contributed by atoms with E-state index in [0.29, 0.717) is 11.7 Å². The van der Waals surface area contributed by atoms with Crippen LogP contribution in [0.5, 0.6) is 0 Å². The van der Waals surface area contributed by atoms with Gasteiger partial charge < -0.3 is 0 Å². The quantitative estimate of drug-likeness (QED) is 0.806.